The number of fused-ring (bicyclic) bond motifs is 1. The minimum absolute atomic E-state index is 0.139. The number of pyridine rings is 1. The van der Waals surface area contributed by atoms with E-state index in [2.05, 4.69) is 25.6 Å². The van der Waals surface area contributed by atoms with Gasteiger partial charge >= 0.3 is 0 Å². The van der Waals surface area contributed by atoms with Crippen molar-refractivity contribution >= 4 is 22.8 Å². The van der Waals surface area contributed by atoms with Crippen LogP contribution in [0, 0.1) is 11.6 Å². The second-order valence-corrected chi connectivity index (χ2v) is 5.28. The number of aromatic nitrogens is 3. The van der Waals surface area contributed by atoms with E-state index < -0.39 is 11.6 Å². The van der Waals surface area contributed by atoms with Crippen molar-refractivity contribution < 1.29 is 13.6 Å². The smallest absolute Gasteiger partial charge is 0.222 e. The maximum atomic E-state index is 13.2. The van der Waals surface area contributed by atoms with Gasteiger partial charge in [-0.15, -0.1) is 0 Å². The third-order valence-corrected chi connectivity index (χ3v) is 3.44. The van der Waals surface area contributed by atoms with Crippen LogP contribution in [0.2, 0.25) is 0 Å². The molecule has 1 amide bonds. The van der Waals surface area contributed by atoms with Crippen LogP contribution in [0.1, 0.15) is 12.1 Å². The SMILES string of the molecule is O=C(CCNc1cnc2cc(F)c(F)cc2n1)NCc1ccccn1. The second-order valence-electron chi connectivity index (χ2n) is 5.28. The van der Waals surface area contributed by atoms with Gasteiger partial charge in [-0.25, -0.2) is 13.8 Å². The van der Waals surface area contributed by atoms with Crippen LogP contribution in [0.5, 0.6) is 0 Å². The lowest BCUT2D eigenvalue weighted by molar-refractivity contribution is -0.121. The Balaban J connectivity index is 1.50. The lowest BCUT2D eigenvalue weighted by Gasteiger charge is -2.07. The minimum Gasteiger partial charge on any atom is -0.368 e. The Hall–Kier alpha value is -3.16. The van der Waals surface area contributed by atoms with Gasteiger partial charge in [0.15, 0.2) is 11.6 Å². The van der Waals surface area contributed by atoms with Gasteiger partial charge in [-0.3, -0.25) is 14.8 Å². The molecule has 1 aromatic carbocycles. The number of rotatable bonds is 6. The van der Waals surface area contributed by atoms with Crippen LogP contribution >= 0.6 is 0 Å². The van der Waals surface area contributed by atoms with Crippen LogP contribution in [0.3, 0.4) is 0 Å². The van der Waals surface area contributed by atoms with Crippen molar-refractivity contribution in [1.29, 1.82) is 0 Å². The summed E-state index contributed by atoms with van der Waals surface area (Å²) in [6.45, 7) is 0.693. The predicted molar refractivity (Wildman–Crippen MR) is 88.6 cm³/mol. The van der Waals surface area contributed by atoms with Crippen LogP contribution in [0.25, 0.3) is 11.0 Å². The Bertz CT molecular complexity index is 889. The fourth-order valence-electron chi connectivity index (χ4n) is 2.18. The van der Waals surface area contributed by atoms with Crippen molar-refractivity contribution in [3.63, 3.8) is 0 Å². The van der Waals surface area contributed by atoms with Crippen molar-refractivity contribution in [3.05, 3.63) is 60.1 Å². The number of benzene rings is 1. The Kier molecular flexibility index (Phi) is 5.08. The van der Waals surface area contributed by atoms with Gasteiger partial charge in [0.05, 0.1) is 29.5 Å². The van der Waals surface area contributed by atoms with Gasteiger partial charge in [0.25, 0.3) is 0 Å². The summed E-state index contributed by atoms with van der Waals surface area (Å²) >= 11 is 0. The zero-order valence-corrected chi connectivity index (χ0v) is 13.2. The summed E-state index contributed by atoms with van der Waals surface area (Å²) in [4.78, 5) is 24.1. The van der Waals surface area contributed by atoms with Crippen molar-refractivity contribution in [3.8, 4) is 0 Å². The molecule has 0 saturated heterocycles. The Morgan fingerprint density at radius 1 is 1.08 bits per heavy atom. The molecule has 0 spiro atoms. The topological polar surface area (TPSA) is 79.8 Å². The molecular formula is C17H15F2N5O. The number of amides is 1. The van der Waals surface area contributed by atoms with Gasteiger partial charge in [-0.2, -0.15) is 0 Å². The van der Waals surface area contributed by atoms with E-state index in [1.165, 1.54) is 6.20 Å². The second kappa shape index (κ2) is 7.61. The Labute approximate surface area is 142 Å². The quantitative estimate of drug-likeness (QED) is 0.718. The number of nitrogens with zero attached hydrogens (tertiary/aromatic N) is 3. The molecule has 3 rings (SSSR count). The molecule has 0 unspecified atom stereocenters. The van der Waals surface area contributed by atoms with Crippen LogP contribution in [0.15, 0.2) is 42.7 Å². The standard InChI is InChI=1S/C17H15F2N5O/c18-12-7-14-15(8-13(12)19)24-16(10-22-14)21-6-4-17(25)23-9-11-3-1-2-5-20-11/h1-3,5,7-8,10H,4,6,9H2,(H,21,24)(H,23,25). The van der Waals surface area contributed by atoms with E-state index in [9.17, 15) is 13.6 Å². The Morgan fingerprint density at radius 3 is 2.64 bits per heavy atom. The van der Waals surface area contributed by atoms with Crippen molar-refractivity contribution in [1.82, 2.24) is 20.3 Å². The highest BCUT2D eigenvalue weighted by atomic mass is 19.2. The number of hydrogen-bond donors (Lipinski definition) is 2. The highest BCUT2D eigenvalue weighted by Crippen LogP contribution is 2.16. The summed E-state index contributed by atoms with van der Waals surface area (Å²) in [6, 6.07) is 7.46. The summed E-state index contributed by atoms with van der Waals surface area (Å²) in [5.74, 6) is -1.70. The number of carbonyl (C=O) groups excluding carboxylic acids is 1. The molecule has 128 valence electrons. The monoisotopic (exact) mass is 343 g/mol. The molecule has 0 aliphatic heterocycles. The molecular weight excluding hydrogens is 328 g/mol. The number of carbonyl (C=O) groups is 1. The molecule has 0 aliphatic rings. The first-order valence-corrected chi connectivity index (χ1v) is 7.64. The largest absolute Gasteiger partial charge is 0.368 e. The molecule has 0 atom stereocenters. The first-order chi connectivity index (χ1) is 12.1. The molecule has 2 heterocycles. The number of hydrogen-bond acceptors (Lipinski definition) is 5. The summed E-state index contributed by atoms with van der Waals surface area (Å²) in [6.07, 6.45) is 3.30. The fraction of sp³-hybridized carbons (Fsp3) is 0.176. The molecule has 6 nitrogen and oxygen atoms in total. The maximum Gasteiger partial charge on any atom is 0.222 e. The highest BCUT2D eigenvalue weighted by molar-refractivity contribution is 5.77. The van der Waals surface area contributed by atoms with Gasteiger partial charge in [0, 0.05) is 31.3 Å². The molecule has 2 aromatic heterocycles. The van der Waals surface area contributed by atoms with Crippen molar-refractivity contribution in [2.24, 2.45) is 0 Å². The molecule has 8 heteroatoms. The molecule has 3 aromatic rings. The molecule has 2 N–H and O–H groups in total. The van der Waals surface area contributed by atoms with Crippen molar-refractivity contribution in [2.75, 3.05) is 11.9 Å². The summed E-state index contributed by atoms with van der Waals surface area (Å²) in [5.41, 5.74) is 1.28. The highest BCUT2D eigenvalue weighted by Gasteiger charge is 2.07. The van der Waals surface area contributed by atoms with Gasteiger partial charge in [-0.05, 0) is 12.1 Å². The number of halogens is 2. The first kappa shape index (κ1) is 16.7. The average Bonchev–Trinajstić information content (AvgIpc) is 2.62. The van der Waals surface area contributed by atoms with Gasteiger partial charge < -0.3 is 10.6 Å². The number of nitrogens with one attached hydrogen (secondary N) is 2. The summed E-state index contributed by atoms with van der Waals surface area (Å²) in [7, 11) is 0. The number of anilines is 1. The van der Waals surface area contributed by atoms with E-state index in [1.54, 1.807) is 12.3 Å². The van der Waals surface area contributed by atoms with E-state index in [1.807, 2.05) is 12.1 Å². The van der Waals surface area contributed by atoms with Gasteiger partial charge in [-0.1, -0.05) is 6.07 Å². The molecule has 0 saturated carbocycles. The third-order valence-electron chi connectivity index (χ3n) is 3.44. The van der Waals surface area contributed by atoms with Gasteiger partial charge in [0.1, 0.15) is 5.82 Å². The predicted octanol–water partition coefficient (Wildman–Crippen LogP) is 2.42. The van der Waals surface area contributed by atoms with Crippen LogP contribution in [0.4, 0.5) is 14.6 Å². The third kappa shape index (κ3) is 4.43. The van der Waals surface area contributed by atoms with E-state index in [0.29, 0.717) is 18.9 Å². The zero-order chi connectivity index (χ0) is 17.6. The summed E-state index contributed by atoms with van der Waals surface area (Å²) < 4.78 is 26.4. The molecule has 0 fully saturated rings. The summed E-state index contributed by atoms with van der Waals surface area (Å²) in [5, 5.41) is 5.69. The zero-order valence-electron chi connectivity index (χ0n) is 13.2. The van der Waals surface area contributed by atoms with E-state index >= 15 is 0 Å². The average molecular weight is 343 g/mol. The lowest BCUT2D eigenvalue weighted by atomic mass is 10.3. The van der Waals surface area contributed by atoms with E-state index in [4.69, 9.17) is 0 Å². The first-order valence-electron chi connectivity index (χ1n) is 7.64. The molecule has 0 bridgehead atoms. The maximum absolute atomic E-state index is 13.2. The van der Waals surface area contributed by atoms with E-state index in [-0.39, 0.29) is 23.4 Å². The minimum atomic E-state index is -0.979. The van der Waals surface area contributed by atoms with E-state index in [0.717, 1.165) is 17.8 Å². The van der Waals surface area contributed by atoms with Crippen LogP contribution in [-0.2, 0) is 11.3 Å². The van der Waals surface area contributed by atoms with Crippen molar-refractivity contribution in [2.45, 2.75) is 13.0 Å². The van der Waals surface area contributed by atoms with Crippen LogP contribution < -0.4 is 10.6 Å². The lowest BCUT2D eigenvalue weighted by Crippen LogP contribution is -2.25. The molecule has 0 radical (unpaired) electrons. The fourth-order valence-corrected chi connectivity index (χ4v) is 2.18. The normalized spacial score (nSPS) is 10.6. The molecule has 25 heavy (non-hydrogen) atoms. The van der Waals surface area contributed by atoms with Crippen LogP contribution in [-0.4, -0.2) is 27.4 Å². The van der Waals surface area contributed by atoms with Gasteiger partial charge in [0.2, 0.25) is 5.91 Å². The Morgan fingerprint density at radius 2 is 1.88 bits per heavy atom. The molecule has 0 aliphatic carbocycles.